The highest BCUT2D eigenvalue weighted by Crippen LogP contribution is 2.30. The van der Waals surface area contributed by atoms with E-state index in [1.54, 1.807) is 0 Å². The molecule has 1 atom stereocenters. The van der Waals surface area contributed by atoms with Crippen LogP contribution in [0.15, 0.2) is 18.2 Å². The molecule has 1 aromatic rings. The Morgan fingerprint density at radius 2 is 1.93 bits per heavy atom. The quantitative estimate of drug-likeness (QED) is 0.842. The Morgan fingerprint density at radius 3 is 2.64 bits per heavy atom. The lowest BCUT2D eigenvalue weighted by Crippen LogP contribution is -2.42. The number of fused-ring (bicyclic) bond motifs is 1. The Kier molecular flexibility index (Phi) is 5.97. The summed E-state index contributed by atoms with van der Waals surface area (Å²) in [5.41, 5.74) is 3.61. The second kappa shape index (κ2) is 8.62. The number of aryl methyl sites for hydroxylation is 1. The number of carbonyl (C=O) groups excluding carboxylic acids is 1. The first-order valence-corrected chi connectivity index (χ1v) is 10.6. The normalized spacial score (nSPS) is 23.6. The topological polar surface area (TPSA) is 70.1 Å². The number of hydrogen-bond donors (Lipinski definition) is 1. The zero-order chi connectivity index (χ0) is 19.5. The van der Waals surface area contributed by atoms with Crippen LogP contribution in [0.1, 0.15) is 43.2 Å². The molecular weight excluding hydrogens is 356 g/mol. The first kappa shape index (κ1) is 19.4. The number of rotatable bonds is 5. The molecule has 3 aliphatic rings. The molecule has 6 heteroatoms. The number of amides is 1. The van der Waals surface area contributed by atoms with Crippen molar-refractivity contribution in [3.63, 3.8) is 0 Å². The van der Waals surface area contributed by atoms with Gasteiger partial charge < -0.3 is 19.6 Å². The second-order valence-electron chi connectivity index (χ2n) is 8.26. The van der Waals surface area contributed by atoms with Gasteiger partial charge in [0.15, 0.2) is 0 Å². The van der Waals surface area contributed by atoms with Crippen LogP contribution in [0.3, 0.4) is 0 Å². The van der Waals surface area contributed by atoms with Crippen molar-refractivity contribution in [2.24, 2.45) is 5.92 Å². The van der Waals surface area contributed by atoms with Crippen LogP contribution in [0.25, 0.3) is 0 Å². The van der Waals surface area contributed by atoms with Crippen molar-refractivity contribution in [2.45, 2.75) is 51.0 Å². The Labute approximate surface area is 166 Å². The summed E-state index contributed by atoms with van der Waals surface area (Å²) in [6.07, 6.45) is 6.02. The molecule has 28 heavy (non-hydrogen) atoms. The minimum Gasteiger partial charge on any atom is -0.481 e. The summed E-state index contributed by atoms with van der Waals surface area (Å²) in [4.78, 5) is 28.2. The summed E-state index contributed by atoms with van der Waals surface area (Å²) >= 11 is 0. The fraction of sp³-hybridized carbons (Fsp3) is 0.636. The van der Waals surface area contributed by atoms with Gasteiger partial charge in [-0.25, -0.2) is 0 Å². The molecule has 2 saturated heterocycles. The zero-order valence-electron chi connectivity index (χ0n) is 16.4. The number of ether oxygens (including phenoxy) is 1. The van der Waals surface area contributed by atoms with Crippen molar-refractivity contribution in [1.29, 1.82) is 0 Å². The Bertz CT molecular complexity index is 721. The molecule has 0 radical (unpaired) electrons. The van der Waals surface area contributed by atoms with Gasteiger partial charge in [0.25, 0.3) is 5.91 Å². The van der Waals surface area contributed by atoms with Gasteiger partial charge in [0.2, 0.25) is 0 Å². The molecule has 4 rings (SSSR count). The van der Waals surface area contributed by atoms with Crippen LogP contribution < -0.4 is 4.90 Å². The van der Waals surface area contributed by atoms with Crippen LogP contribution >= 0.6 is 0 Å². The lowest BCUT2D eigenvalue weighted by atomic mass is 9.95. The van der Waals surface area contributed by atoms with E-state index in [4.69, 9.17) is 9.84 Å². The van der Waals surface area contributed by atoms with Gasteiger partial charge in [-0.3, -0.25) is 9.59 Å². The number of nitrogens with zero attached hydrogens (tertiary/aromatic N) is 2. The smallest absolute Gasteiger partial charge is 0.306 e. The van der Waals surface area contributed by atoms with Crippen LogP contribution in [0, 0.1) is 5.92 Å². The largest absolute Gasteiger partial charge is 0.481 e. The van der Waals surface area contributed by atoms with Crippen molar-refractivity contribution in [3.05, 3.63) is 29.3 Å². The molecule has 0 spiro atoms. The molecule has 1 amide bonds. The van der Waals surface area contributed by atoms with Gasteiger partial charge in [-0.15, -0.1) is 0 Å². The van der Waals surface area contributed by atoms with Crippen LogP contribution in [0.2, 0.25) is 0 Å². The lowest BCUT2D eigenvalue weighted by Gasteiger charge is -2.32. The summed E-state index contributed by atoms with van der Waals surface area (Å²) < 4.78 is 5.60. The monoisotopic (exact) mass is 386 g/mol. The molecule has 1 N–H and O–H groups in total. The van der Waals surface area contributed by atoms with E-state index in [1.165, 1.54) is 11.1 Å². The van der Waals surface area contributed by atoms with Crippen molar-refractivity contribution in [2.75, 3.05) is 37.7 Å². The van der Waals surface area contributed by atoms with E-state index in [-0.39, 0.29) is 17.9 Å². The number of anilines is 1. The number of carboxylic acid groups (broad SMARTS) is 1. The molecule has 0 bridgehead atoms. The Balaban J connectivity index is 1.36. The molecule has 3 heterocycles. The van der Waals surface area contributed by atoms with E-state index in [2.05, 4.69) is 23.1 Å². The van der Waals surface area contributed by atoms with Crippen molar-refractivity contribution in [3.8, 4) is 0 Å². The highest BCUT2D eigenvalue weighted by Gasteiger charge is 2.31. The fourth-order valence-electron chi connectivity index (χ4n) is 4.67. The summed E-state index contributed by atoms with van der Waals surface area (Å²) in [7, 11) is 0. The highest BCUT2D eigenvalue weighted by atomic mass is 16.5. The number of carbonyl (C=O) groups is 2. The molecular formula is C22H30N2O4. The van der Waals surface area contributed by atoms with Gasteiger partial charge in [-0.1, -0.05) is 12.1 Å². The van der Waals surface area contributed by atoms with Gasteiger partial charge in [0, 0.05) is 25.4 Å². The molecule has 6 nitrogen and oxygen atoms in total. The maximum absolute atomic E-state index is 12.8. The van der Waals surface area contributed by atoms with Gasteiger partial charge in [0.05, 0.1) is 5.92 Å². The standard InChI is InChI=1S/C22H30N2O4/c25-21(20-4-2-14-28-20)24-10-1-3-18-15-16(5-6-19(18)24)7-11-23-12-8-17(9-13-23)22(26)27/h5-6,15,17,20H,1-4,7-14H2,(H,26,27). The molecule has 2 fully saturated rings. The van der Waals surface area contributed by atoms with Gasteiger partial charge in [0.1, 0.15) is 6.10 Å². The average Bonchev–Trinajstić information content (AvgIpc) is 3.26. The van der Waals surface area contributed by atoms with Crippen LogP contribution in [-0.4, -0.2) is 60.8 Å². The highest BCUT2D eigenvalue weighted by molar-refractivity contribution is 5.97. The molecule has 1 unspecified atom stereocenters. The number of hydrogen-bond acceptors (Lipinski definition) is 4. The average molecular weight is 386 g/mol. The van der Waals surface area contributed by atoms with E-state index in [0.29, 0.717) is 6.61 Å². The maximum Gasteiger partial charge on any atom is 0.306 e. The molecule has 0 aromatic heterocycles. The van der Waals surface area contributed by atoms with Gasteiger partial charge in [-0.05, 0) is 75.2 Å². The van der Waals surface area contributed by atoms with Crippen molar-refractivity contribution in [1.82, 2.24) is 4.90 Å². The first-order chi connectivity index (χ1) is 13.6. The molecule has 3 aliphatic heterocycles. The molecule has 0 saturated carbocycles. The zero-order valence-corrected chi connectivity index (χ0v) is 16.4. The third-order valence-electron chi connectivity index (χ3n) is 6.39. The van der Waals surface area contributed by atoms with E-state index in [0.717, 1.165) is 76.8 Å². The third-order valence-corrected chi connectivity index (χ3v) is 6.39. The first-order valence-electron chi connectivity index (χ1n) is 10.6. The minimum atomic E-state index is -0.656. The fourth-order valence-corrected chi connectivity index (χ4v) is 4.67. The molecule has 1 aromatic carbocycles. The summed E-state index contributed by atoms with van der Waals surface area (Å²) in [6.45, 7) is 4.17. The number of aliphatic carboxylic acids is 1. The minimum absolute atomic E-state index is 0.118. The maximum atomic E-state index is 12.8. The number of piperidine rings is 1. The summed E-state index contributed by atoms with van der Waals surface area (Å²) in [6, 6.07) is 6.51. The van der Waals surface area contributed by atoms with Crippen LogP contribution in [0.4, 0.5) is 5.69 Å². The molecule has 0 aliphatic carbocycles. The number of likely N-dealkylation sites (tertiary alicyclic amines) is 1. The van der Waals surface area contributed by atoms with Gasteiger partial charge >= 0.3 is 5.97 Å². The van der Waals surface area contributed by atoms with E-state index >= 15 is 0 Å². The number of benzene rings is 1. The lowest BCUT2D eigenvalue weighted by molar-refractivity contribution is -0.143. The third kappa shape index (κ3) is 4.23. The summed E-state index contributed by atoms with van der Waals surface area (Å²) in [5, 5.41) is 9.12. The Hall–Kier alpha value is -1.92. The number of carboxylic acids is 1. The predicted molar refractivity (Wildman–Crippen MR) is 107 cm³/mol. The van der Waals surface area contributed by atoms with E-state index < -0.39 is 5.97 Å². The van der Waals surface area contributed by atoms with Crippen molar-refractivity contribution >= 4 is 17.6 Å². The SMILES string of the molecule is O=C(O)C1CCN(CCc2ccc3c(c2)CCCN3C(=O)C2CCCO2)CC1. The molecule has 152 valence electrons. The van der Waals surface area contributed by atoms with Crippen LogP contribution in [-0.2, 0) is 27.2 Å². The predicted octanol–water partition coefficient (Wildman–Crippen LogP) is 2.48. The van der Waals surface area contributed by atoms with Crippen LogP contribution in [0.5, 0.6) is 0 Å². The van der Waals surface area contributed by atoms with E-state index in [9.17, 15) is 9.59 Å². The van der Waals surface area contributed by atoms with Gasteiger partial charge in [-0.2, -0.15) is 0 Å². The van der Waals surface area contributed by atoms with E-state index in [1.807, 2.05) is 4.90 Å². The second-order valence-corrected chi connectivity index (χ2v) is 8.26. The Morgan fingerprint density at radius 1 is 1.11 bits per heavy atom. The van der Waals surface area contributed by atoms with Crippen molar-refractivity contribution < 1.29 is 19.4 Å². The summed E-state index contributed by atoms with van der Waals surface area (Å²) in [5.74, 6) is -0.712.